The van der Waals surface area contributed by atoms with Gasteiger partial charge in [-0.2, -0.15) is 18.3 Å². The molecule has 198 valence electrons. The highest BCUT2D eigenvalue weighted by Crippen LogP contribution is 2.30. The van der Waals surface area contributed by atoms with Gasteiger partial charge in [0.2, 0.25) is 0 Å². The summed E-state index contributed by atoms with van der Waals surface area (Å²) in [4.78, 5) is 36.2. The van der Waals surface area contributed by atoms with Crippen molar-refractivity contribution in [2.24, 2.45) is 5.10 Å². The summed E-state index contributed by atoms with van der Waals surface area (Å²) in [5.74, 6) is -2.45. The maximum absolute atomic E-state index is 12.9. The molecule has 0 bridgehead atoms. The molecular formula is C26H22ClF3N4O4. The molecule has 8 nitrogen and oxygen atoms in total. The molecule has 0 atom stereocenters. The third-order valence-corrected chi connectivity index (χ3v) is 5.19. The minimum atomic E-state index is -4.55. The predicted molar refractivity (Wildman–Crippen MR) is 136 cm³/mol. The van der Waals surface area contributed by atoms with Gasteiger partial charge in [0.25, 0.3) is 5.91 Å². The first-order valence-electron chi connectivity index (χ1n) is 11.1. The molecule has 0 saturated heterocycles. The van der Waals surface area contributed by atoms with Crippen LogP contribution in [0.1, 0.15) is 22.3 Å². The molecule has 3 rings (SSSR count). The van der Waals surface area contributed by atoms with Crippen LogP contribution in [-0.4, -0.2) is 30.5 Å². The second-order valence-electron chi connectivity index (χ2n) is 7.96. The number of hydrazone groups is 1. The zero-order valence-electron chi connectivity index (χ0n) is 19.9. The molecule has 0 unspecified atom stereocenters. The maximum atomic E-state index is 12.9. The normalized spacial score (nSPS) is 11.2. The Hall–Kier alpha value is -4.38. The molecule has 0 heterocycles. The van der Waals surface area contributed by atoms with Gasteiger partial charge in [-0.15, -0.1) is 0 Å². The van der Waals surface area contributed by atoms with Crippen molar-refractivity contribution in [2.75, 3.05) is 11.9 Å². The third-order valence-electron chi connectivity index (χ3n) is 4.95. The van der Waals surface area contributed by atoms with Crippen molar-refractivity contribution in [2.45, 2.75) is 19.6 Å². The minimum absolute atomic E-state index is 0.0466. The Bertz CT molecular complexity index is 1350. The lowest BCUT2D eigenvalue weighted by molar-refractivity contribution is -0.139. The predicted octanol–water partition coefficient (Wildman–Crippen LogP) is 4.45. The number of carbonyl (C=O) groups excluding carboxylic acids is 3. The van der Waals surface area contributed by atoms with Gasteiger partial charge >= 0.3 is 18.0 Å². The number of rotatable bonds is 8. The number of halogens is 4. The Morgan fingerprint density at radius 2 is 1.74 bits per heavy atom. The second-order valence-corrected chi connectivity index (χ2v) is 8.40. The van der Waals surface area contributed by atoms with E-state index >= 15 is 0 Å². The molecule has 3 N–H and O–H groups in total. The molecule has 3 aromatic carbocycles. The highest BCUT2D eigenvalue weighted by atomic mass is 35.5. The summed E-state index contributed by atoms with van der Waals surface area (Å²) in [6.07, 6.45) is -3.39. The Labute approximate surface area is 220 Å². The van der Waals surface area contributed by atoms with Crippen molar-refractivity contribution in [3.63, 3.8) is 0 Å². The molecule has 0 aliphatic heterocycles. The van der Waals surface area contributed by atoms with Gasteiger partial charge in [-0.25, -0.2) is 5.43 Å². The molecule has 0 radical (unpaired) electrons. The number of hydrogen-bond acceptors (Lipinski definition) is 5. The van der Waals surface area contributed by atoms with E-state index in [1.54, 1.807) is 0 Å². The molecular weight excluding hydrogens is 525 g/mol. The number of nitrogens with one attached hydrogen (secondary N) is 3. The van der Waals surface area contributed by atoms with Gasteiger partial charge in [0, 0.05) is 22.8 Å². The van der Waals surface area contributed by atoms with Crippen LogP contribution in [0.4, 0.5) is 18.9 Å². The minimum Gasteiger partial charge on any atom is -0.483 e. The van der Waals surface area contributed by atoms with Crippen LogP contribution >= 0.6 is 11.6 Å². The van der Waals surface area contributed by atoms with Gasteiger partial charge in [-0.05, 0) is 48.9 Å². The van der Waals surface area contributed by atoms with Crippen molar-refractivity contribution in [3.05, 3.63) is 94.0 Å². The van der Waals surface area contributed by atoms with Crippen LogP contribution in [0.3, 0.4) is 0 Å². The van der Waals surface area contributed by atoms with E-state index in [2.05, 4.69) is 21.2 Å². The fourth-order valence-electron chi connectivity index (χ4n) is 3.05. The Kier molecular flexibility index (Phi) is 9.44. The maximum Gasteiger partial charge on any atom is 0.416 e. The number of alkyl halides is 3. The number of ether oxygens (including phenoxy) is 1. The third kappa shape index (κ3) is 8.63. The molecule has 0 aromatic heterocycles. The van der Waals surface area contributed by atoms with Crippen molar-refractivity contribution in [3.8, 4) is 5.75 Å². The largest absolute Gasteiger partial charge is 0.483 e. The molecule has 0 aliphatic carbocycles. The summed E-state index contributed by atoms with van der Waals surface area (Å²) in [6.45, 7) is 1.55. The monoisotopic (exact) mass is 546 g/mol. The van der Waals surface area contributed by atoms with Crippen LogP contribution in [0.25, 0.3) is 0 Å². The van der Waals surface area contributed by atoms with Crippen LogP contribution < -0.4 is 20.8 Å². The molecule has 38 heavy (non-hydrogen) atoms. The van der Waals surface area contributed by atoms with Crippen LogP contribution in [0.2, 0.25) is 5.02 Å². The zero-order valence-corrected chi connectivity index (χ0v) is 20.7. The van der Waals surface area contributed by atoms with Gasteiger partial charge in [-0.3, -0.25) is 14.4 Å². The first-order chi connectivity index (χ1) is 18.0. The lowest BCUT2D eigenvalue weighted by atomic mass is 10.1. The first kappa shape index (κ1) is 28.2. The molecule has 3 aromatic rings. The van der Waals surface area contributed by atoms with E-state index in [1.165, 1.54) is 30.3 Å². The van der Waals surface area contributed by atoms with E-state index in [0.717, 1.165) is 29.5 Å². The SMILES string of the molecule is Cc1ccc(CNC(=O)C(=O)N/N=C\c2cc(Cl)ccc2OCC(=O)Nc2cccc(C(F)(F)F)c2)cc1. The number of anilines is 1. The van der Waals surface area contributed by atoms with Gasteiger partial charge < -0.3 is 15.4 Å². The second kappa shape index (κ2) is 12.7. The van der Waals surface area contributed by atoms with Crippen molar-refractivity contribution in [1.82, 2.24) is 10.7 Å². The molecule has 3 amide bonds. The number of nitrogens with zero attached hydrogens (tertiary/aromatic N) is 1. The van der Waals surface area contributed by atoms with E-state index in [-0.39, 0.29) is 23.5 Å². The highest BCUT2D eigenvalue weighted by molar-refractivity contribution is 6.35. The summed E-state index contributed by atoms with van der Waals surface area (Å²) < 4.78 is 44.0. The number of benzene rings is 3. The standard InChI is InChI=1S/C26H22ClF3N4O4/c1-16-5-7-17(8-6-16)13-31-24(36)25(37)34-32-14-18-11-20(27)9-10-22(18)38-15-23(35)33-21-4-2-3-19(12-21)26(28,29)30/h2-12,14H,13,15H2,1H3,(H,31,36)(H,33,35)(H,34,37)/b32-14-. The topological polar surface area (TPSA) is 109 Å². The highest BCUT2D eigenvalue weighted by Gasteiger charge is 2.30. The number of amides is 3. The number of aryl methyl sites for hydroxylation is 1. The van der Waals surface area contributed by atoms with Gasteiger partial charge in [-0.1, -0.05) is 47.5 Å². The molecule has 0 saturated carbocycles. The average molecular weight is 547 g/mol. The summed E-state index contributed by atoms with van der Waals surface area (Å²) >= 11 is 6.00. The fraction of sp³-hybridized carbons (Fsp3) is 0.154. The van der Waals surface area contributed by atoms with Crippen LogP contribution in [0.15, 0.2) is 71.8 Å². The number of carbonyl (C=O) groups is 3. The molecule has 12 heteroatoms. The fourth-order valence-corrected chi connectivity index (χ4v) is 3.23. The summed E-state index contributed by atoms with van der Waals surface area (Å²) in [6, 6.07) is 15.9. The van der Waals surface area contributed by atoms with Gasteiger partial charge in [0.15, 0.2) is 6.61 Å². The van der Waals surface area contributed by atoms with E-state index in [1.807, 2.05) is 31.2 Å². The number of hydrogen-bond donors (Lipinski definition) is 3. The van der Waals surface area contributed by atoms with Crippen LogP contribution in [0.5, 0.6) is 5.75 Å². The van der Waals surface area contributed by atoms with Crippen molar-refractivity contribution >= 4 is 41.2 Å². The van der Waals surface area contributed by atoms with Gasteiger partial charge in [0.05, 0.1) is 11.8 Å². The zero-order chi connectivity index (χ0) is 27.7. The molecule has 0 spiro atoms. The Morgan fingerprint density at radius 1 is 1.00 bits per heavy atom. The van der Waals surface area contributed by atoms with E-state index in [0.29, 0.717) is 5.02 Å². The lowest BCUT2D eigenvalue weighted by Gasteiger charge is -2.11. The first-order valence-corrected chi connectivity index (χ1v) is 11.5. The summed E-state index contributed by atoms with van der Waals surface area (Å²) in [7, 11) is 0. The van der Waals surface area contributed by atoms with Crippen molar-refractivity contribution < 1.29 is 32.3 Å². The quantitative estimate of drug-likeness (QED) is 0.220. The van der Waals surface area contributed by atoms with E-state index in [9.17, 15) is 27.6 Å². The Morgan fingerprint density at radius 3 is 2.45 bits per heavy atom. The average Bonchev–Trinajstić information content (AvgIpc) is 2.87. The lowest BCUT2D eigenvalue weighted by Crippen LogP contribution is -2.37. The van der Waals surface area contributed by atoms with Gasteiger partial charge in [0.1, 0.15) is 5.75 Å². The van der Waals surface area contributed by atoms with Crippen LogP contribution in [-0.2, 0) is 27.1 Å². The smallest absolute Gasteiger partial charge is 0.416 e. The summed E-state index contributed by atoms with van der Waals surface area (Å²) in [5.41, 5.74) is 3.28. The Balaban J connectivity index is 1.54. The summed E-state index contributed by atoms with van der Waals surface area (Å²) in [5, 5.41) is 8.83. The molecule has 0 aliphatic rings. The van der Waals surface area contributed by atoms with Crippen LogP contribution in [0, 0.1) is 6.92 Å². The van der Waals surface area contributed by atoms with E-state index < -0.39 is 36.1 Å². The molecule has 0 fully saturated rings. The van der Waals surface area contributed by atoms with E-state index in [4.69, 9.17) is 16.3 Å². The van der Waals surface area contributed by atoms with Crippen molar-refractivity contribution in [1.29, 1.82) is 0 Å².